The van der Waals surface area contributed by atoms with Crippen LogP contribution >= 0.6 is 0 Å². The Morgan fingerprint density at radius 2 is 1.90 bits per heavy atom. The average Bonchev–Trinajstić information content (AvgIpc) is 2.15. The molecule has 0 radical (unpaired) electrons. The van der Waals surface area contributed by atoms with Crippen LogP contribution in [0, 0.1) is 0 Å². The Morgan fingerprint density at radius 3 is 2.40 bits per heavy atom. The first-order valence-electron chi connectivity index (χ1n) is 4.64. The Bertz CT molecular complexity index is 162. The van der Waals surface area contributed by atoms with Crippen LogP contribution in [0.15, 0.2) is 0 Å². The van der Waals surface area contributed by atoms with Crippen molar-refractivity contribution >= 4 is 0 Å². The Kier molecular flexibility index (Phi) is 0.797. The van der Waals surface area contributed by atoms with Crippen LogP contribution in [0.1, 0.15) is 39.0 Å². The highest BCUT2D eigenvalue weighted by Gasteiger charge is 2.64. The van der Waals surface area contributed by atoms with Crippen molar-refractivity contribution in [3.05, 3.63) is 0 Å². The normalized spacial score (nSPS) is 57.3. The highest BCUT2D eigenvalue weighted by Crippen LogP contribution is 2.59. The minimum atomic E-state index is 0.742. The highest BCUT2D eigenvalue weighted by atomic mass is 15.4. The molecule has 3 aliphatic rings. The number of piperidine rings is 1. The van der Waals surface area contributed by atoms with Gasteiger partial charge in [-0.25, -0.2) is 0 Å². The summed E-state index contributed by atoms with van der Waals surface area (Å²) in [5.41, 5.74) is 0.742. The molecule has 1 nitrogen and oxygen atoms in total. The molecule has 1 heteroatoms. The number of nitrogens with zero attached hydrogens (tertiary/aromatic N) is 1. The van der Waals surface area contributed by atoms with E-state index in [-0.39, 0.29) is 0 Å². The van der Waals surface area contributed by atoms with Crippen molar-refractivity contribution in [3.63, 3.8) is 0 Å². The first kappa shape index (κ1) is 5.59. The molecule has 0 aliphatic carbocycles. The molecular weight excluding hydrogens is 122 g/mol. The molecule has 0 bridgehead atoms. The molecule has 3 aliphatic heterocycles. The fraction of sp³-hybridized carbons (Fsp3) is 1.00. The molecule has 0 amide bonds. The zero-order chi connectivity index (χ0) is 6.77. The molecule has 0 aromatic rings. The molecule has 3 rings (SSSR count). The maximum absolute atomic E-state index is 2.80. The van der Waals surface area contributed by atoms with Crippen LogP contribution in [0.5, 0.6) is 0 Å². The summed E-state index contributed by atoms with van der Waals surface area (Å²) in [5.74, 6) is 0. The molecular formula is C9H15N. The van der Waals surface area contributed by atoms with E-state index >= 15 is 0 Å². The molecule has 0 aromatic carbocycles. The largest absolute Gasteiger partial charge is 0.292 e. The quantitative estimate of drug-likeness (QED) is 0.532. The van der Waals surface area contributed by atoms with Crippen molar-refractivity contribution < 1.29 is 0 Å². The fourth-order valence-corrected chi connectivity index (χ4v) is 3.55. The standard InChI is InChI=1S/C9H15N/c1-2-9-5-7-3-4-8(6-9)10(7)9/h7-8H,2-6H2,1H3. The summed E-state index contributed by atoms with van der Waals surface area (Å²) >= 11 is 0. The van der Waals surface area contributed by atoms with E-state index in [2.05, 4.69) is 11.8 Å². The van der Waals surface area contributed by atoms with Gasteiger partial charge in [0.25, 0.3) is 0 Å². The lowest BCUT2D eigenvalue weighted by Gasteiger charge is -2.67. The first-order valence-corrected chi connectivity index (χ1v) is 4.64. The van der Waals surface area contributed by atoms with Gasteiger partial charge in [0, 0.05) is 17.6 Å². The minimum absolute atomic E-state index is 0.742. The van der Waals surface area contributed by atoms with E-state index in [1.54, 1.807) is 0 Å². The van der Waals surface area contributed by atoms with E-state index in [1.807, 2.05) is 0 Å². The summed E-state index contributed by atoms with van der Waals surface area (Å²) < 4.78 is 0. The molecule has 2 unspecified atom stereocenters. The Morgan fingerprint density at radius 1 is 1.30 bits per heavy atom. The lowest BCUT2D eigenvalue weighted by Crippen LogP contribution is -2.74. The smallest absolute Gasteiger partial charge is 0.0242 e. The predicted octanol–water partition coefficient (Wildman–Crippen LogP) is 1.78. The summed E-state index contributed by atoms with van der Waals surface area (Å²) in [6, 6.07) is 2.05. The van der Waals surface area contributed by atoms with Crippen LogP contribution in [0.2, 0.25) is 0 Å². The van der Waals surface area contributed by atoms with E-state index in [9.17, 15) is 0 Å². The van der Waals surface area contributed by atoms with Crippen molar-refractivity contribution in [2.24, 2.45) is 0 Å². The van der Waals surface area contributed by atoms with Gasteiger partial charge < -0.3 is 0 Å². The van der Waals surface area contributed by atoms with E-state index in [1.165, 1.54) is 32.1 Å². The van der Waals surface area contributed by atoms with Crippen molar-refractivity contribution in [3.8, 4) is 0 Å². The molecule has 0 saturated carbocycles. The molecule has 3 saturated heterocycles. The van der Waals surface area contributed by atoms with Gasteiger partial charge in [0.05, 0.1) is 0 Å². The third-order valence-electron chi connectivity index (χ3n) is 4.06. The van der Waals surface area contributed by atoms with Gasteiger partial charge in [-0.05, 0) is 32.1 Å². The van der Waals surface area contributed by atoms with Gasteiger partial charge in [-0.1, -0.05) is 6.92 Å². The van der Waals surface area contributed by atoms with Gasteiger partial charge in [-0.3, -0.25) is 4.90 Å². The third-order valence-corrected chi connectivity index (χ3v) is 4.06. The lowest BCUT2D eigenvalue weighted by atomic mass is 9.67. The SMILES string of the molecule is CCC12CC3CCC(C1)N32. The van der Waals surface area contributed by atoms with Gasteiger partial charge in [-0.15, -0.1) is 0 Å². The maximum atomic E-state index is 2.80. The second kappa shape index (κ2) is 1.42. The zero-order valence-corrected chi connectivity index (χ0v) is 6.64. The second-order valence-corrected chi connectivity index (χ2v) is 4.28. The van der Waals surface area contributed by atoms with Crippen LogP contribution in [0.25, 0.3) is 0 Å². The van der Waals surface area contributed by atoms with Crippen LogP contribution < -0.4 is 0 Å². The average molecular weight is 137 g/mol. The maximum Gasteiger partial charge on any atom is 0.0242 e. The van der Waals surface area contributed by atoms with Crippen molar-refractivity contribution in [1.82, 2.24) is 4.90 Å². The summed E-state index contributed by atoms with van der Waals surface area (Å²) in [4.78, 5) is 2.80. The van der Waals surface area contributed by atoms with Crippen molar-refractivity contribution in [2.75, 3.05) is 0 Å². The molecule has 3 fully saturated rings. The van der Waals surface area contributed by atoms with Gasteiger partial charge in [0.1, 0.15) is 0 Å². The predicted molar refractivity (Wildman–Crippen MR) is 40.9 cm³/mol. The second-order valence-electron chi connectivity index (χ2n) is 4.28. The summed E-state index contributed by atoms with van der Waals surface area (Å²) in [6.07, 6.45) is 7.47. The lowest BCUT2D eigenvalue weighted by molar-refractivity contribution is -0.166. The van der Waals surface area contributed by atoms with Crippen LogP contribution in [-0.4, -0.2) is 22.5 Å². The molecule has 3 heterocycles. The van der Waals surface area contributed by atoms with Gasteiger partial charge in [0.2, 0.25) is 0 Å². The summed E-state index contributed by atoms with van der Waals surface area (Å²) in [6.45, 7) is 2.35. The van der Waals surface area contributed by atoms with Crippen molar-refractivity contribution in [1.29, 1.82) is 0 Å². The van der Waals surface area contributed by atoms with E-state index in [4.69, 9.17) is 0 Å². The molecule has 0 aromatic heterocycles. The van der Waals surface area contributed by atoms with E-state index < -0.39 is 0 Å². The van der Waals surface area contributed by atoms with Gasteiger partial charge in [0.15, 0.2) is 0 Å². The van der Waals surface area contributed by atoms with Crippen molar-refractivity contribution in [2.45, 2.75) is 56.7 Å². The number of hydrogen-bond acceptors (Lipinski definition) is 1. The van der Waals surface area contributed by atoms with E-state index in [0.717, 1.165) is 17.6 Å². The molecule has 2 atom stereocenters. The van der Waals surface area contributed by atoms with Crippen LogP contribution in [0.4, 0.5) is 0 Å². The molecule has 0 N–H and O–H groups in total. The number of hydrogen-bond donors (Lipinski definition) is 0. The monoisotopic (exact) mass is 137 g/mol. The molecule has 10 heavy (non-hydrogen) atoms. The molecule has 0 spiro atoms. The Labute approximate surface area is 62.4 Å². The van der Waals surface area contributed by atoms with Crippen LogP contribution in [-0.2, 0) is 0 Å². The summed E-state index contributed by atoms with van der Waals surface area (Å²) in [5, 5.41) is 0. The van der Waals surface area contributed by atoms with E-state index in [0.29, 0.717) is 0 Å². The first-order chi connectivity index (χ1) is 4.86. The Hall–Kier alpha value is -0.0400. The van der Waals surface area contributed by atoms with Gasteiger partial charge in [-0.2, -0.15) is 0 Å². The Balaban J connectivity index is 1.89. The molecule has 56 valence electrons. The zero-order valence-electron chi connectivity index (χ0n) is 6.64. The van der Waals surface area contributed by atoms with Crippen LogP contribution in [0.3, 0.4) is 0 Å². The number of rotatable bonds is 1. The topological polar surface area (TPSA) is 3.24 Å². The third kappa shape index (κ3) is 0.378. The fourth-order valence-electron chi connectivity index (χ4n) is 3.55. The van der Waals surface area contributed by atoms with Gasteiger partial charge >= 0.3 is 0 Å². The highest BCUT2D eigenvalue weighted by molar-refractivity contribution is 5.20. The minimum Gasteiger partial charge on any atom is -0.292 e. The summed E-state index contributed by atoms with van der Waals surface area (Å²) in [7, 11) is 0.